The monoisotopic (exact) mass is 873 g/mol. The molecule has 0 aliphatic heterocycles. The van der Waals surface area contributed by atoms with Gasteiger partial charge in [-0.15, -0.1) is 0 Å². The Balaban J connectivity index is 4.64. The van der Waals surface area contributed by atoms with Crippen molar-refractivity contribution in [3.63, 3.8) is 0 Å². The van der Waals surface area contributed by atoms with Gasteiger partial charge in [0.2, 0.25) is 0 Å². The summed E-state index contributed by atoms with van der Waals surface area (Å²) >= 11 is 0. The van der Waals surface area contributed by atoms with E-state index in [1.165, 1.54) is 44.9 Å². The average molecular weight is 873 g/mol. The van der Waals surface area contributed by atoms with Crippen LogP contribution in [-0.2, 0) is 32.7 Å². The van der Waals surface area contributed by atoms with E-state index in [0.717, 1.165) is 38.5 Å². The second-order valence-electron chi connectivity index (χ2n) is 15.9. The number of quaternary nitrogens is 1. The lowest BCUT2D eigenvalue weighted by molar-refractivity contribution is -0.870. The Hall–Kier alpha value is -3.37. The number of nitrogens with zero attached hydrogens (tertiary/aromatic N) is 1. The highest BCUT2D eigenvalue weighted by atomic mass is 31.2. The van der Waals surface area contributed by atoms with E-state index in [-0.39, 0.29) is 26.1 Å². The maximum atomic E-state index is 12.7. The molecule has 0 spiro atoms. The molecular formula is C50H83NO9P+. The number of likely N-dealkylation sites (N-methyl/N-ethyl adjacent to an activating group) is 1. The van der Waals surface area contributed by atoms with Crippen molar-refractivity contribution in [2.45, 2.75) is 148 Å². The van der Waals surface area contributed by atoms with Gasteiger partial charge in [0, 0.05) is 12.8 Å². The number of phosphoric ester groups is 1. The van der Waals surface area contributed by atoms with Gasteiger partial charge < -0.3 is 24.0 Å². The average Bonchev–Trinajstić information content (AvgIpc) is 3.21. The molecule has 11 heteroatoms. The number of hydrogen-bond donors (Lipinski definition) is 2. The van der Waals surface area contributed by atoms with E-state index < -0.39 is 38.6 Å². The fraction of sp³-hybridized carbons (Fsp3) is 0.600. The minimum absolute atomic E-state index is 0.00701. The van der Waals surface area contributed by atoms with Gasteiger partial charge in [0.15, 0.2) is 6.10 Å². The van der Waals surface area contributed by atoms with E-state index in [1.54, 1.807) is 6.08 Å². The Kier molecular flexibility index (Phi) is 38.4. The Labute approximate surface area is 370 Å². The summed E-state index contributed by atoms with van der Waals surface area (Å²) in [6, 6.07) is 0. The molecular weight excluding hydrogens is 790 g/mol. The van der Waals surface area contributed by atoms with Crippen molar-refractivity contribution < 1.29 is 47.2 Å². The lowest BCUT2D eigenvalue weighted by Crippen LogP contribution is -2.37. The molecule has 1 unspecified atom stereocenters. The van der Waals surface area contributed by atoms with Gasteiger partial charge in [-0.1, -0.05) is 149 Å². The summed E-state index contributed by atoms with van der Waals surface area (Å²) in [4.78, 5) is 35.4. The Bertz CT molecular complexity index is 1420. The zero-order valence-electron chi connectivity index (χ0n) is 38.5. The van der Waals surface area contributed by atoms with Crippen molar-refractivity contribution in [2.75, 3.05) is 47.5 Å². The summed E-state index contributed by atoms with van der Waals surface area (Å²) in [5.41, 5.74) is 0. The molecule has 0 saturated carbocycles. The number of aliphatic hydroxyl groups is 1. The zero-order chi connectivity index (χ0) is 45.1. The molecule has 0 rings (SSSR count). The van der Waals surface area contributed by atoms with Gasteiger partial charge in [0.05, 0.1) is 33.9 Å². The highest BCUT2D eigenvalue weighted by Crippen LogP contribution is 2.43. The van der Waals surface area contributed by atoms with Crippen LogP contribution in [0.4, 0.5) is 0 Å². The van der Waals surface area contributed by atoms with Crippen molar-refractivity contribution in [2.24, 2.45) is 0 Å². The minimum atomic E-state index is -4.43. The van der Waals surface area contributed by atoms with Crippen LogP contribution in [0.3, 0.4) is 0 Å². The standard InChI is InChI=1S/C50H82NO9P/c1-6-8-10-12-14-15-16-17-18-19-20-21-22-23-24-25-29-34-38-42-50(54)60-48(46-59-61(55,56)58-44-43-51(3,4)5)45-57-49(53)41-37-33-30-26-28-32-36-40-47(52)39-35-31-27-13-11-9-7-2/h14-15,17-18,20-21,23-24,26-27,29-32,34-36,39,47-48,52H,6-13,16,19,22,25,28,33,37-38,40-46H2,1-5H3/p+1/b15-14-,18-17-,21-20-,24-23-,30-26+,31-27-,34-29-,36-32-,39-35-/t47-,48-/m1/s1. The molecule has 0 heterocycles. The van der Waals surface area contributed by atoms with Gasteiger partial charge in [-0.3, -0.25) is 18.6 Å². The van der Waals surface area contributed by atoms with Crippen LogP contribution < -0.4 is 0 Å². The van der Waals surface area contributed by atoms with Gasteiger partial charge in [0.1, 0.15) is 19.8 Å². The van der Waals surface area contributed by atoms with E-state index in [0.29, 0.717) is 36.7 Å². The van der Waals surface area contributed by atoms with Crippen LogP contribution in [-0.4, -0.2) is 86.1 Å². The summed E-state index contributed by atoms with van der Waals surface area (Å²) in [5, 5.41) is 10.1. The molecule has 0 fully saturated rings. The van der Waals surface area contributed by atoms with Crippen molar-refractivity contribution >= 4 is 19.8 Å². The summed E-state index contributed by atoms with van der Waals surface area (Å²) in [7, 11) is 1.35. The Morgan fingerprint density at radius 1 is 0.590 bits per heavy atom. The van der Waals surface area contributed by atoms with Crippen LogP contribution in [0.2, 0.25) is 0 Å². The molecule has 0 radical (unpaired) electrons. The van der Waals surface area contributed by atoms with Crippen molar-refractivity contribution in [3.8, 4) is 0 Å². The molecule has 0 aromatic carbocycles. The van der Waals surface area contributed by atoms with Gasteiger partial charge in [-0.25, -0.2) is 4.57 Å². The predicted molar refractivity (Wildman–Crippen MR) is 253 cm³/mol. The molecule has 346 valence electrons. The molecule has 3 atom stereocenters. The molecule has 0 aliphatic rings. The van der Waals surface area contributed by atoms with Gasteiger partial charge >= 0.3 is 19.8 Å². The van der Waals surface area contributed by atoms with Gasteiger partial charge in [-0.2, -0.15) is 0 Å². The highest BCUT2D eigenvalue weighted by molar-refractivity contribution is 7.47. The van der Waals surface area contributed by atoms with E-state index >= 15 is 0 Å². The minimum Gasteiger partial charge on any atom is -0.462 e. The second kappa shape index (κ2) is 40.7. The number of allylic oxidation sites excluding steroid dienone is 16. The van der Waals surface area contributed by atoms with Gasteiger partial charge in [0.25, 0.3) is 0 Å². The van der Waals surface area contributed by atoms with Crippen molar-refractivity contribution in [1.29, 1.82) is 0 Å². The molecule has 61 heavy (non-hydrogen) atoms. The highest BCUT2D eigenvalue weighted by Gasteiger charge is 2.27. The number of carbonyl (C=O) groups excluding carboxylic acids is 2. The third-order valence-corrected chi connectivity index (χ3v) is 9.85. The van der Waals surface area contributed by atoms with E-state index in [2.05, 4.69) is 68.5 Å². The zero-order valence-corrected chi connectivity index (χ0v) is 39.4. The maximum Gasteiger partial charge on any atom is 0.472 e. The molecule has 2 N–H and O–H groups in total. The van der Waals surface area contributed by atoms with Crippen LogP contribution in [0, 0.1) is 0 Å². The summed E-state index contributed by atoms with van der Waals surface area (Å²) in [6.45, 7) is 4.09. The molecule has 0 saturated heterocycles. The second-order valence-corrected chi connectivity index (χ2v) is 17.4. The van der Waals surface area contributed by atoms with Crippen LogP contribution in [0.15, 0.2) is 109 Å². The third-order valence-electron chi connectivity index (χ3n) is 8.87. The Morgan fingerprint density at radius 3 is 1.66 bits per heavy atom. The van der Waals surface area contributed by atoms with Crippen LogP contribution in [0.1, 0.15) is 136 Å². The summed E-state index contributed by atoms with van der Waals surface area (Å²) in [6.07, 6.45) is 51.8. The molecule has 0 amide bonds. The number of carbonyl (C=O) groups is 2. The number of phosphoric acid groups is 1. The number of esters is 2. The number of aliphatic hydroxyl groups excluding tert-OH is 1. The van der Waals surface area contributed by atoms with E-state index in [1.807, 2.05) is 69.8 Å². The first-order chi connectivity index (χ1) is 29.4. The predicted octanol–water partition coefficient (Wildman–Crippen LogP) is 12.1. The fourth-order valence-electron chi connectivity index (χ4n) is 5.24. The molecule has 10 nitrogen and oxygen atoms in total. The number of hydrogen-bond acceptors (Lipinski definition) is 8. The molecule has 0 aliphatic carbocycles. The molecule has 0 aromatic heterocycles. The van der Waals surface area contributed by atoms with Gasteiger partial charge in [-0.05, 0) is 83.5 Å². The molecule has 0 bridgehead atoms. The lowest BCUT2D eigenvalue weighted by atomic mass is 10.2. The Morgan fingerprint density at radius 2 is 1.10 bits per heavy atom. The van der Waals surface area contributed by atoms with E-state index in [9.17, 15) is 24.2 Å². The normalized spacial score (nSPS) is 15.1. The smallest absolute Gasteiger partial charge is 0.462 e. The number of ether oxygens (including phenoxy) is 2. The topological polar surface area (TPSA) is 129 Å². The fourth-order valence-corrected chi connectivity index (χ4v) is 5.99. The summed E-state index contributed by atoms with van der Waals surface area (Å²) in [5.74, 6) is -1.01. The molecule has 0 aromatic rings. The first-order valence-corrected chi connectivity index (χ1v) is 24.2. The SMILES string of the molecule is CCCCC/C=C\C=C/[C@@H](O)C/C=C\C/C=C/CCCC(=O)OC[C@H](COP(=O)(O)OCC[N+](C)(C)C)OC(=O)CC/C=C\C/C=C\C/C=C\C/C=C\C/C=C\CCCCC. The van der Waals surface area contributed by atoms with Crippen LogP contribution >= 0.6 is 7.82 Å². The lowest BCUT2D eigenvalue weighted by Gasteiger charge is -2.24. The third kappa shape index (κ3) is 44.5. The quantitative estimate of drug-likeness (QED) is 0.0155. The number of rotatable bonds is 39. The van der Waals surface area contributed by atoms with Crippen LogP contribution in [0.5, 0.6) is 0 Å². The largest absolute Gasteiger partial charge is 0.472 e. The van der Waals surface area contributed by atoms with Crippen molar-refractivity contribution in [3.05, 3.63) is 109 Å². The van der Waals surface area contributed by atoms with Crippen molar-refractivity contribution in [1.82, 2.24) is 0 Å². The first-order valence-electron chi connectivity index (χ1n) is 22.7. The maximum absolute atomic E-state index is 12.7. The number of unbranched alkanes of at least 4 members (excludes halogenated alkanes) is 7. The van der Waals surface area contributed by atoms with Crippen LogP contribution in [0.25, 0.3) is 0 Å². The summed E-state index contributed by atoms with van der Waals surface area (Å²) < 4.78 is 34.1. The first kappa shape index (κ1) is 57.6. The van der Waals surface area contributed by atoms with E-state index in [4.69, 9.17) is 18.5 Å².